The van der Waals surface area contributed by atoms with Gasteiger partial charge < -0.3 is 24.4 Å². The molecule has 4 aliphatic rings. The summed E-state index contributed by atoms with van der Waals surface area (Å²) in [7, 11) is 0. The number of hydrogen-bond donors (Lipinski definition) is 1. The summed E-state index contributed by atoms with van der Waals surface area (Å²) in [5.74, 6) is 0.817. The molecule has 3 aliphatic heterocycles. The maximum atomic E-state index is 13.8. The van der Waals surface area contributed by atoms with Gasteiger partial charge in [-0.2, -0.15) is 0 Å². The Balaban J connectivity index is 1.18. The molecule has 3 heterocycles. The summed E-state index contributed by atoms with van der Waals surface area (Å²) in [5.41, 5.74) is 1.35. The van der Waals surface area contributed by atoms with Crippen LogP contribution >= 0.6 is 0 Å². The molecule has 3 saturated heterocycles. The van der Waals surface area contributed by atoms with Crippen LogP contribution in [0.1, 0.15) is 43.6 Å². The molecule has 0 radical (unpaired) electrons. The number of amides is 1. The molecule has 0 aromatic heterocycles. The number of piperidine rings is 1. The van der Waals surface area contributed by atoms with Gasteiger partial charge in [0, 0.05) is 30.6 Å². The molecule has 6 nitrogen and oxygen atoms in total. The van der Waals surface area contributed by atoms with Crippen molar-refractivity contribution in [2.45, 2.75) is 50.2 Å². The van der Waals surface area contributed by atoms with Crippen LogP contribution in [0.4, 0.5) is 9.18 Å². The molecular weight excluding hydrogens is 375 g/mol. The summed E-state index contributed by atoms with van der Waals surface area (Å²) >= 11 is 0. The van der Waals surface area contributed by atoms with Crippen molar-refractivity contribution in [3.63, 3.8) is 0 Å². The third-order valence-corrected chi connectivity index (χ3v) is 7.36. The van der Waals surface area contributed by atoms with E-state index in [4.69, 9.17) is 14.6 Å². The number of nitrogens with zero attached hydrogens (tertiary/aromatic N) is 2. The molecule has 5 rings (SSSR count). The fourth-order valence-corrected chi connectivity index (χ4v) is 5.66. The number of rotatable bonds is 4. The fourth-order valence-electron chi connectivity index (χ4n) is 5.66. The molecule has 1 atom stereocenters. The van der Waals surface area contributed by atoms with E-state index in [-0.39, 0.29) is 17.3 Å². The minimum atomic E-state index is -0.786. The maximum Gasteiger partial charge on any atom is 0.407 e. The van der Waals surface area contributed by atoms with Gasteiger partial charge in [-0.1, -0.05) is 6.07 Å². The Kier molecular flexibility index (Phi) is 4.90. The second-order valence-electron chi connectivity index (χ2n) is 9.30. The standard InChI is InChI=1S/C22H29FN2O4/c23-16-1-2-19(20(9-16)29-18-11-28-12-18)15-4-7-24(8-5-15)17-3-6-22(10-17)13-25(14-22)21(26)27/h1-2,9,15,17-18H,3-8,10-14H2,(H,26,27)/t17-/m1/s1. The molecule has 29 heavy (non-hydrogen) atoms. The molecule has 1 aromatic carbocycles. The minimum absolute atomic E-state index is 0.0400. The summed E-state index contributed by atoms with van der Waals surface area (Å²) in [5, 5.41) is 9.12. The van der Waals surface area contributed by atoms with Crippen molar-refractivity contribution < 1.29 is 23.8 Å². The van der Waals surface area contributed by atoms with E-state index in [0.717, 1.165) is 44.3 Å². The van der Waals surface area contributed by atoms with E-state index in [0.29, 0.717) is 44.0 Å². The van der Waals surface area contributed by atoms with Gasteiger partial charge in [-0.05, 0) is 62.7 Å². The number of carbonyl (C=O) groups is 1. The maximum absolute atomic E-state index is 13.8. The lowest BCUT2D eigenvalue weighted by molar-refractivity contribution is -0.0802. The minimum Gasteiger partial charge on any atom is -0.485 e. The Morgan fingerprint density at radius 2 is 1.97 bits per heavy atom. The number of halogens is 1. The fraction of sp³-hybridized carbons (Fsp3) is 0.682. The van der Waals surface area contributed by atoms with E-state index in [1.165, 1.54) is 23.5 Å². The highest BCUT2D eigenvalue weighted by Crippen LogP contribution is 2.48. The Hall–Kier alpha value is -1.86. The van der Waals surface area contributed by atoms with Crippen molar-refractivity contribution >= 4 is 6.09 Å². The van der Waals surface area contributed by atoms with Gasteiger partial charge in [0.1, 0.15) is 17.7 Å². The normalized spacial score (nSPS) is 27.6. The van der Waals surface area contributed by atoms with Crippen molar-refractivity contribution in [1.82, 2.24) is 9.80 Å². The van der Waals surface area contributed by atoms with Crippen LogP contribution in [0.3, 0.4) is 0 Å². The zero-order chi connectivity index (χ0) is 20.0. The van der Waals surface area contributed by atoms with Crippen molar-refractivity contribution in [2.75, 3.05) is 39.4 Å². The number of likely N-dealkylation sites (tertiary alicyclic amines) is 2. The number of carboxylic acid groups (broad SMARTS) is 1. The largest absolute Gasteiger partial charge is 0.485 e. The number of ether oxygens (including phenoxy) is 2. The van der Waals surface area contributed by atoms with Crippen LogP contribution in [0, 0.1) is 11.2 Å². The lowest BCUT2D eigenvalue weighted by Crippen LogP contribution is -2.57. The van der Waals surface area contributed by atoms with Crippen molar-refractivity contribution in [2.24, 2.45) is 5.41 Å². The van der Waals surface area contributed by atoms with Crippen LogP contribution in [-0.4, -0.2) is 72.5 Å². The molecule has 1 amide bonds. The van der Waals surface area contributed by atoms with Crippen LogP contribution in [0.15, 0.2) is 18.2 Å². The summed E-state index contributed by atoms with van der Waals surface area (Å²) in [6, 6.07) is 5.52. The zero-order valence-electron chi connectivity index (χ0n) is 16.7. The lowest BCUT2D eigenvalue weighted by atomic mass is 9.78. The predicted octanol–water partition coefficient (Wildman–Crippen LogP) is 3.32. The first-order valence-electron chi connectivity index (χ1n) is 10.8. The number of hydrogen-bond acceptors (Lipinski definition) is 4. The highest BCUT2D eigenvalue weighted by atomic mass is 19.1. The molecule has 4 fully saturated rings. The Bertz CT molecular complexity index is 770. The van der Waals surface area contributed by atoms with E-state index < -0.39 is 6.09 Å². The summed E-state index contributed by atoms with van der Waals surface area (Å²) < 4.78 is 25.0. The predicted molar refractivity (Wildman–Crippen MR) is 105 cm³/mol. The van der Waals surface area contributed by atoms with Gasteiger partial charge in [0.2, 0.25) is 0 Å². The van der Waals surface area contributed by atoms with Gasteiger partial charge in [-0.25, -0.2) is 9.18 Å². The molecule has 1 aliphatic carbocycles. The van der Waals surface area contributed by atoms with Crippen LogP contribution in [0.25, 0.3) is 0 Å². The van der Waals surface area contributed by atoms with Gasteiger partial charge >= 0.3 is 6.09 Å². The molecule has 0 bridgehead atoms. The third-order valence-electron chi connectivity index (χ3n) is 7.36. The summed E-state index contributed by atoms with van der Waals surface area (Å²) in [4.78, 5) is 15.2. The molecule has 7 heteroatoms. The van der Waals surface area contributed by atoms with Crippen molar-refractivity contribution in [3.05, 3.63) is 29.6 Å². The molecule has 1 spiro atoms. The average Bonchev–Trinajstić information content (AvgIpc) is 3.10. The Morgan fingerprint density at radius 1 is 1.21 bits per heavy atom. The third kappa shape index (κ3) is 3.70. The first kappa shape index (κ1) is 19.1. The van der Waals surface area contributed by atoms with E-state index in [9.17, 15) is 9.18 Å². The summed E-state index contributed by atoms with van der Waals surface area (Å²) in [6.45, 7) is 4.65. The van der Waals surface area contributed by atoms with Crippen LogP contribution in [0.2, 0.25) is 0 Å². The lowest BCUT2D eigenvalue weighted by Gasteiger charge is -2.47. The molecule has 158 valence electrons. The smallest absolute Gasteiger partial charge is 0.407 e. The SMILES string of the molecule is O=C(O)N1CC2(CC[C@@H](N3CCC(c4ccc(F)cc4OC4COC4)CC3)C2)C1. The number of benzene rings is 1. The van der Waals surface area contributed by atoms with Gasteiger partial charge in [0.15, 0.2) is 0 Å². The van der Waals surface area contributed by atoms with Gasteiger partial charge in [-0.15, -0.1) is 0 Å². The van der Waals surface area contributed by atoms with E-state index >= 15 is 0 Å². The van der Waals surface area contributed by atoms with Crippen molar-refractivity contribution in [3.8, 4) is 5.75 Å². The molecule has 1 saturated carbocycles. The summed E-state index contributed by atoms with van der Waals surface area (Å²) in [6.07, 6.45) is 4.78. The first-order valence-corrected chi connectivity index (χ1v) is 10.8. The molecular formula is C22H29FN2O4. The topological polar surface area (TPSA) is 62.2 Å². The van der Waals surface area contributed by atoms with Crippen molar-refractivity contribution in [1.29, 1.82) is 0 Å². The average molecular weight is 404 g/mol. The van der Waals surface area contributed by atoms with Crippen LogP contribution < -0.4 is 4.74 Å². The second-order valence-corrected chi connectivity index (χ2v) is 9.30. The zero-order valence-corrected chi connectivity index (χ0v) is 16.7. The monoisotopic (exact) mass is 404 g/mol. The molecule has 1 N–H and O–H groups in total. The Morgan fingerprint density at radius 3 is 2.62 bits per heavy atom. The first-order chi connectivity index (χ1) is 14.0. The molecule has 0 unspecified atom stereocenters. The quantitative estimate of drug-likeness (QED) is 0.834. The molecule has 1 aromatic rings. The highest BCUT2D eigenvalue weighted by molar-refractivity contribution is 5.66. The van der Waals surface area contributed by atoms with E-state index in [1.54, 1.807) is 0 Å². The van der Waals surface area contributed by atoms with Gasteiger partial charge in [0.25, 0.3) is 0 Å². The van der Waals surface area contributed by atoms with Gasteiger partial charge in [-0.3, -0.25) is 0 Å². The van der Waals surface area contributed by atoms with Gasteiger partial charge in [0.05, 0.1) is 13.2 Å². The van der Waals surface area contributed by atoms with E-state index in [2.05, 4.69) is 4.90 Å². The van der Waals surface area contributed by atoms with Crippen LogP contribution in [-0.2, 0) is 4.74 Å². The second kappa shape index (κ2) is 7.43. The Labute approximate surface area is 170 Å². The van der Waals surface area contributed by atoms with Crippen LogP contribution in [0.5, 0.6) is 5.75 Å². The highest BCUT2D eigenvalue weighted by Gasteiger charge is 2.51. The van der Waals surface area contributed by atoms with E-state index in [1.807, 2.05) is 6.07 Å².